The van der Waals surface area contributed by atoms with Crippen LogP contribution in [0.4, 0.5) is 9.18 Å². The van der Waals surface area contributed by atoms with Gasteiger partial charge in [-0.05, 0) is 40.2 Å². The van der Waals surface area contributed by atoms with Gasteiger partial charge in [-0.25, -0.2) is 9.18 Å². The van der Waals surface area contributed by atoms with Crippen LogP contribution in [0.5, 0.6) is 0 Å². The van der Waals surface area contributed by atoms with Crippen molar-refractivity contribution >= 4 is 18.5 Å². The highest BCUT2D eigenvalue weighted by molar-refractivity contribution is 5.85. The number of likely N-dealkylation sites (tertiary alicyclic amines) is 1. The number of alkyl halides is 1. The van der Waals surface area contributed by atoms with Gasteiger partial charge in [0.1, 0.15) is 11.8 Å². The van der Waals surface area contributed by atoms with Crippen LogP contribution in [0.2, 0.25) is 0 Å². The molecule has 2 rings (SSSR count). The van der Waals surface area contributed by atoms with Gasteiger partial charge < -0.3 is 15.0 Å². The summed E-state index contributed by atoms with van der Waals surface area (Å²) in [6, 6.07) is 0. The van der Waals surface area contributed by atoms with Crippen molar-refractivity contribution in [2.45, 2.75) is 50.9 Å². The summed E-state index contributed by atoms with van der Waals surface area (Å²) in [5, 5.41) is 3.20. The Balaban J connectivity index is 0.00000162. The molecule has 0 aliphatic carbocycles. The molecule has 2 aliphatic rings. The first-order chi connectivity index (χ1) is 7.82. The molecule has 106 valence electrons. The lowest BCUT2D eigenvalue weighted by Gasteiger charge is -2.28. The summed E-state index contributed by atoms with van der Waals surface area (Å²) in [7, 11) is 0. The van der Waals surface area contributed by atoms with E-state index >= 15 is 0 Å². The molecule has 0 aromatic carbocycles. The van der Waals surface area contributed by atoms with Gasteiger partial charge >= 0.3 is 6.09 Å². The van der Waals surface area contributed by atoms with E-state index in [0.29, 0.717) is 32.5 Å². The fourth-order valence-corrected chi connectivity index (χ4v) is 2.55. The molecule has 0 aromatic rings. The first-order valence-electron chi connectivity index (χ1n) is 6.19. The average molecular weight is 281 g/mol. The van der Waals surface area contributed by atoms with Crippen molar-refractivity contribution in [1.82, 2.24) is 10.2 Å². The molecule has 1 N–H and O–H groups in total. The van der Waals surface area contributed by atoms with Gasteiger partial charge in [0.05, 0.1) is 5.54 Å². The second kappa shape index (κ2) is 5.21. The zero-order valence-corrected chi connectivity index (χ0v) is 12.0. The summed E-state index contributed by atoms with van der Waals surface area (Å²) in [6.45, 7) is 7.20. The molecule has 0 saturated carbocycles. The fraction of sp³-hybridized carbons (Fsp3) is 0.917. The number of halogens is 2. The Morgan fingerprint density at radius 2 is 2.17 bits per heavy atom. The molecule has 6 heteroatoms. The van der Waals surface area contributed by atoms with Crippen LogP contribution < -0.4 is 5.32 Å². The van der Waals surface area contributed by atoms with E-state index in [0.717, 1.165) is 0 Å². The molecule has 2 aliphatic heterocycles. The lowest BCUT2D eigenvalue weighted by Crippen LogP contribution is -2.49. The Morgan fingerprint density at radius 1 is 1.50 bits per heavy atom. The zero-order chi connectivity index (χ0) is 12.7. The molecule has 2 heterocycles. The van der Waals surface area contributed by atoms with E-state index in [2.05, 4.69) is 5.32 Å². The lowest BCUT2D eigenvalue weighted by molar-refractivity contribution is 0.0274. The fourth-order valence-electron chi connectivity index (χ4n) is 2.55. The SMILES string of the molecule is CC(C)(C)OC(=O)N1CCC2(C1)NCCC2F.Cl. The highest BCUT2D eigenvalue weighted by atomic mass is 35.5. The topological polar surface area (TPSA) is 41.6 Å². The van der Waals surface area contributed by atoms with Crippen LogP contribution >= 0.6 is 12.4 Å². The minimum atomic E-state index is -0.852. The first kappa shape index (κ1) is 15.5. The van der Waals surface area contributed by atoms with Crippen molar-refractivity contribution in [2.75, 3.05) is 19.6 Å². The van der Waals surface area contributed by atoms with Gasteiger partial charge in [-0.15, -0.1) is 12.4 Å². The van der Waals surface area contributed by atoms with E-state index < -0.39 is 17.3 Å². The summed E-state index contributed by atoms with van der Waals surface area (Å²) in [6.07, 6.45) is 0.0282. The molecule has 2 saturated heterocycles. The lowest BCUT2D eigenvalue weighted by atomic mass is 9.95. The standard InChI is InChI=1S/C12H21FN2O2.ClH/c1-11(2,3)17-10(16)15-7-5-12(8-15)9(13)4-6-14-12;/h9,14H,4-8H2,1-3H3;1H. The Bertz CT molecular complexity index is 322. The molecular formula is C12H22ClFN2O2. The number of ether oxygens (including phenoxy) is 1. The Labute approximate surface area is 114 Å². The van der Waals surface area contributed by atoms with Gasteiger partial charge in [-0.1, -0.05) is 0 Å². The zero-order valence-electron chi connectivity index (χ0n) is 11.2. The summed E-state index contributed by atoms with van der Waals surface area (Å²) in [5.74, 6) is 0. The summed E-state index contributed by atoms with van der Waals surface area (Å²) < 4.78 is 19.1. The van der Waals surface area contributed by atoms with E-state index in [1.807, 2.05) is 20.8 Å². The molecule has 0 radical (unpaired) electrons. The number of hydrogen-bond acceptors (Lipinski definition) is 3. The third-order valence-corrected chi connectivity index (χ3v) is 3.43. The smallest absolute Gasteiger partial charge is 0.410 e. The molecule has 1 spiro atoms. The Kier molecular flexibility index (Phi) is 4.49. The number of carbonyl (C=O) groups is 1. The highest BCUT2D eigenvalue weighted by Gasteiger charge is 2.49. The van der Waals surface area contributed by atoms with Crippen molar-refractivity contribution in [3.63, 3.8) is 0 Å². The van der Waals surface area contributed by atoms with Crippen molar-refractivity contribution in [3.8, 4) is 0 Å². The van der Waals surface area contributed by atoms with Gasteiger partial charge in [0.2, 0.25) is 0 Å². The number of nitrogens with zero attached hydrogens (tertiary/aromatic N) is 1. The van der Waals surface area contributed by atoms with E-state index in [9.17, 15) is 9.18 Å². The van der Waals surface area contributed by atoms with Crippen LogP contribution in [0.25, 0.3) is 0 Å². The predicted octanol–water partition coefficient (Wildman–Crippen LogP) is 2.12. The summed E-state index contributed by atoms with van der Waals surface area (Å²) in [5.41, 5.74) is -1.01. The minimum absolute atomic E-state index is 0. The van der Waals surface area contributed by atoms with Crippen molar-refractivity contribution in [1.29, 1.82) is 0 Å². The molecule has 4 nitrogen and oxygen atoms in total. The van der Waals surface area contributed by atoms with Gasteiger partial charge in [-0.2, -0.15) is 0 Å². The summed E-state index contributed by atoms with van der Waals surface area (Å²) >= 11 is 0. The van der Waals surface area contributed by atoms with E-state index in [-0.39, 0.29) is 18.5 Å². The average Bonchev–Trinajstić information content (AvgIpc) is 2.74. The summed E-state index contributed by atoms with van der Waals surface area (Å²) in [4.78, 5) is 13.5. The number of nitrogens with one attached hydrogen (secondary N) is 1. The third-order valence-electron chi connectivity index (χ3n) is 3.43. The molecule has 0 aromatic heterocycles. The number of hydrogen-bond donors (Lipinski definition) is 1. The predicted molar refractivity (Wildman–Crippen MR) is 69.9 cm³/mol. The molecule has 1 amide bonds. The monoisotopic (exact) mass is 280 g/mol. The quantitative estimate of drug-likeness (QED) is 0.739. The van der Waals surface area contributed by atoms with Crippen LogP contribution in [0, 0.1) is 0 Å². The maximum absolute atomic E-state index is 13.8. The largest absolute Gasteiger partial charge is 0.444 e. The first-order valence-corrected chi connectivity index (χ1v) is 6.19. The Morgan fingerprint density at radius 3 is 2.67 bits per heavy atom. The van der Waals surface area contributed by atoms with Crippen molar-refractivity contribution < 1.29 is 13.9 Å². The van der Waals surface area contributed by atoms with Crippen molar-refractivity contribution in [3.05, 3.63) is 0 Å². The van der Waals surface area contributed by atoms with Crippen LogP contribution in [-0.4, -0.2) is 47.9 Å². The van der Waals surface area contributed by atoms with Crippen molar-refractivity contribution in [2.24, 2.45) is 0 Å². The van der Waals surface area contributed by atoms with Crippen LogP contribution in [0.15, 0.2) is 0 Å². The maximum Gasteiger partial charge on any atom is 0.410 e. The minimum Gasteiger partial charge on any atom is -0.444 e. The van der Waals surface area contributed by atoms with E-state index in [1.54, 1.807) is 4.90 Å². The molecule has 2 unspecified atom stereocenters. The van der Waals surface area contributed by atoms with E-state index in [4.69, 9.17) is 4.74 Å². The van der Waals surface area contributed by atoms with Gasteiger partial charge in [-0.3, -0.25) is 0 Å². The number of rotatable bonds is 0. The van der Waals surface area contributed by atoms with Gasteiger partial charge in [0, 0.05) is 13.1 Å². The maximum atomic E-state index is 13.8. The normalized spacial score (nSPS) is 31.6. The second-order valence-electron chi connectivity index (χ2n) is 5.99. The molecular weight excluding hydrogens is 259 g/mol. The van der Waals surface area contributed by atoms with Gasteiger partial charge in [0.15, 0.2) is 0 Å². The molecule has 0 bridgehead atoms. The molecule has 2 atom stereocenters. The van der Waals surface area contributed by atoms with Crippen LogP contribution in [-0.2, 0) is 4.74 Å². The van der Waals surface area contributed by atoms with Crippen LogP contribution in [0.3, 0.4) is 0 Å². The second-order valence-corrected chi connectivity index (χ2v) is 5.99. The van der Waals surface area contributed by atoms with E-state index in [1.165, 1.54) is 0 Å². The van der Waals surface area contributed by atoms with Gasteiger partial charge in [0.25, 0.3) is 0 Å². The Hall–Kier alpha value is -0.550. The number of carbonyl (C=O) groups excluding carboxylic acids is 1. The molecule has 2 fully saturated rings. The molecule has 18 heavy (non-hydrogen) atoms. The van der Waals surface area contributed by atoms with Crippen LogP contribution in [0.1, 0.15) is 33.6 Å². The highest BCUT2D eigenvalue weighted by Crippen LogP contribution is 2.33. The third kappa shape index (κ3) is 3.06. The number of amides is 1.